The van der Waals surface area contributed by atoms with Crippen molar-refractivity contribution in [2.45, 2.75) is 27.2 Å². The van der Waals surface area contributed by atoms with E-state index in [1.165, 1.54) is 11.0 Å². The zero-order chi connectivity index (χ0) is 19.7. The predicted octanol–water partition coefficient (Wildman–Crippen LogP) is 3.51. The molecule has 1 fully saturated rings. The first-order valence-electron chi connectivity index (χ1n) is 8.70. The van der Waals surface area contributed by atoms with Crippen LogP contribution in [0.15, 0.2) is 36.4 Å². The highest BCUT2D eigenvalue weighted by Gasteiger charge is 2.35. The standard InChI is InChI=1S/C20H21N3O4/c1-12-4-5-13(2)17(8-12)21-20(25)15-9-19(24)22(11-15)16-7-6-14(3)18(10-16)23(26)27/h4-8,10,15H,9,11H2,1-3H3,(H,21,25)/t15-/m0/s1. The van der Waals surface area contributed by atoms with Crippen LogP contribution in [0.5, 0.6) is 0 Å². The summed E-state index contributed by atoms with van der Waals surface area (Å²) in [4.78, 5) is 37.2. The summed E-state index contributed by atoms with van der Waals surface area (Å²) >= 11 is 0. The van der Waals surface area contributed by atoms with Crippen molar-refractivity contribution >= 4 is 28.9 Å². The Bertz CT molecular complexity index is 939. The van der Waals surface area contributed by atoms with Crippen LogP contribution in [0.1, 0.15) is 23.1 Å². The van der Waals surface area contributed by atoms with Gasteiger partial charge in [-0.05, 0) is 44.0 Å². The Labute approximate surface area is 157 Å². The third kappa shape index (κ3) is 3.81. The van der Waals surface area contributed by atoms with Gasteiger partial charge in [-0.3, -0.25) is 19.7 Å². The molecule has 1 aliphatic heterocycles. The second kappa shape index (κ2) is 7.19. The van der Waals surface area contributed by atoms with Gasteiger partial charge < -0.3 is 10.2 Å². The maximum absolute atomic E-state index is 12.6. The van der Waals surface area contributed by atoms with E-state index >= 15 is 0 Å². The van der Waals surface area contributed by atoms with E-state index in [0.29, 0.717) is 11.3 Å². The molecule has 0 radical (unpaired) electrons. The lowest BCUT2D eigenvalue weighted by Gasteiger charge is -2.17. The molecule has 1 saturated heterocycles. The van der Waals surface area contributed by atoms with Crippen molar-refractivity contribution in [1.29, 1.82) is 0 Å². The highest BCUT2D eigenvalue weighted by molar-refractivity contribution is 6.03. The summed E-state index contributed by atoms with van der Waals surface area (Å²) in [5.74, 6) is -0.937. The SMILES string of the molecule is Cc1ccc(C)c(NC(=O)[C@H]2CC(=O)N(c3ccc(C)c([N+](=O)[O-])c3)C2)c1. The highest BCUT2D eigenvalue weighted by atomic mass is 16.6. The zero-order valence-electron chi connectivity index (χ0n) is 15.5. The third-order valence-corrected chi connectivity index (χ3v) is 4.85. The molecule has 2 aromatic carbocycles. The number of amides is 2. The summed E-state index contributed by atoms with van der Waals surface area (Å²) in [6, 6.07) is 10.5. The number of aryl methyl sites for hydroxylation is 3. The lowest BCUT2D eigenvalue weighted by molar-refractivity contribution is -0.385. The van der Waals surface area contributed by atoms with Crippen LogP contribution in [0.4, 0.5) is 17.1 Å². The van der Waals surface area contributed by atoms with E-state index in [1.54, 1.807) is 19.1 Å². The van der Waals surface area contributed by atoms with E-state index in [9.17, 15) is 19.7 Å². The van der Waals surface area contributed by atoms with Crippen LogP contribution in [0.3, 0.4) is 0 Å². The number of benzene rings is 2. The van der Waals surface area contributed by atoms with Crippen LogP contribution in [0.25, 0.3) is 0 Å². The largest absolute Gasteiger partial charge is 0.326 e. The molecule has 3 rings (SSSR count). The number of hydrogen-bond donors (Lipinski definition) is 1. The fourth-order valence-electron chi connectivity index (χ4n) is 3.20. The summed E-state index contributed by atoms with van der Waals surface area (Å²) in [6.07, 6.45) is 0.0817. The van der Waals surface area contributed by atoms with Gasteiger partial charge in [0.25, 0.3) is 5.69 Å². The molecule has 0 saturated carbocycles. The minimum atomic E-state index is -0.502. The summed E-state index contributed by atoms with van der Waals surface area (Å²) in [5.41, 5.74) is 3.65. The molecule has 2 aromatic rings. The van der Waals surface area contributed by atoms with Gasteiger partial charge in [-0.2, -0.15) is 0 Å². The molecule has 2 amide bonds. The Morgan fingerprint density at radius 3 is 2.56 bits per heavy atom. The normalized spacial score (nSPS) is 16.5. The molecule has 1 heterocycles. The van der Waals surface area contributed by atoms with Gasteiger partial charge in [0, 0.05) is 30.3 Å². The number of carbonyl (C=O) groups is 2. The van der Waals surface area contributed by atoms with Crippen LogP contribution >= 0.6 is 0 Å². The van der Waals surface area contributed by atoms with Crippen LogP contribution in [-0.4, -0.2) is 23.3 Å². The number of carbonyl (C=O) groups excluding carboxylic acids is 2. The van der Waals surface area contributed by atoms with Gasteiger partial charge >= 0.3 is 0 Å². The van der Waals surface area contributed by atoms with Gasteiger partial charge in [-0.1, -0.05) is 18.2 Å². The van der Waals surface area contributed by atoms with Crippen molar-refractivity contribution in [2.24, 2.45) is 5.92 Å². The van der Waals surface area contributed by atoms with Crippen molar-refractivity contribution in [3.63, 3.8) is 0 Å². The van der Waals surface area contributed by atoms with Crippen molar-refractivity contribution in [1.82, 2.24) is 0 Å². The monoisotopic (exact) mass is 367 g/mol. The van der Waals surface area contributed by atoms with Crippen molar-refractivity contribution in [3.8, 4) is 0 Å². The zero-order valence-corrected chi connectivity index (χ0v) is 15.5. The molecular formula is C20H21N3O4. The first-order valence-corrected chi connectivity index (χ1v) is 8.70. The smallest absolute Gasteiger partial charge is 0.274 e. The van der Waals surface area contributed by atoms with Crippen LogP contribution < -0.4 is 10.2 Å². The summed E-state index contributed by atoms with van der Waals surface area (Å²) < 4.78 is 0. The molecule has 0 bridgehead atoms. The van der Waals surface area contributed by atoms with E-state index in [-0.39, 0.29) is 30.5 Å². The van der Waals surface area contributed by atoms with Gasteiger partial charge in [0.1, 0.15) is 0 Å². The van der Waals surface area contributed by atoms with Crippen molar-refractivity contribution in [2.75, 3.05) is 16.8 Å². The van der Waals surface area contributed by atoms with E-state index in [1.807, 2.05) is 32.0 Å². The average molecular weight is 367 g/mol. The average Bonchev–Trinajstić information content (AvgIpc) is 3.00. The third-order valence-electron chi connectivity index (χ3n) is 4.85. The Kier molecular flexibility index (Phi) is 4.94. The van der Waals surface area contributed by atoms with Crippen LogP contribution in [0, 0.1) is 36.8 Å². The maximum atomic E-state index is 12.6. The highest BCUT2D eigenvalue weighted by Crippen LogP contribution is 2.30. The molecule has 1 N–H and O–H groups in total. The van der Waals surface area contributed by atoms with E-state index in [2.05, 4.69) is 5.32 Å². The van der Waals surface area contributed by atoms with Gasteiger partial charge in [0.15, 0.2) is 0 Å². The number of nitro benzene ring substituents is 1. The van der Waals surface area contributed by atoms with E-state index < -0.39 is 10.8 Å². The van der Waals surface area contributed by atoms with Crippen molar-refractivity contribution < 1.29 is 14.5 Å². The summed E-state index contributed by atoms with van der Waals surface area (Å²) in [6.45, 7) is 5.71. The van der Waals surface area contributed by atoms with E-state index in [0.717, 1.165) is 16.8 Å². The van der Waals surface area contributed by atoms with Gasteiger partial charge in [-0.25, -0.2) is 0 Å². The van der Waals surface area contributed by atoms with Gasteiger partial charge in [0.05, 0.1) is 16.5 Å². The van der Waals surface area contributed by atoms with Crippen LogP contribution in [0.2, 0.25) is 0 Å². The minimum Gasteiger partial charge on any atom is -0.326 e. The Balaban J connectivity index is 1.77. The van der Waals surface area contributed by atoms with Gasteiger partial charge in [0.2, 0.25) is 11.8 Å². The Morgan fingerprint density at radius 2 is 1.85 bits per heavy atom. The number of nitrogens with one attached hydrogen (secondary N) is 1. The first-order chi connectivity index (χ1) is 12.8. The minimum absolute atomic E-state index is 0.0383. The van der Waals surface area contributed by atoms with Crippen LogP contribution in [-0.2, 0) is 9.59 Å². The fraction of sp³-hybridized carbons (Fsp3) is 0.300. The number of rotatable bonds is 4. The van der Waals surface area contributed by atoms with Gasteiger partial charge in [-0.15, -0.1) is 0 Å². The maximum Gasteiger partial charge on any atom is 0.274 e. The molecule has 140 valence electrons. The second-order valence-corrected chi connectivity index (χ2v) is 6.94. The molecule has 7 heteroatoms. The quantitative estimate of drug-likeness (QED) is 0.661. The number of nitrogens with zero attached hydrogens (tertiary/aromatic N) is 2. The molecule has 0 spiro atoms. The predicted molar refractivity (Wildman–Crippen MR) is 103 cm³/mol. The molecule has 0 aromatic heterocycles. The Hall–Kier alpha value is -3.22. The Morgan fingerprint density at radius 1 is 1.15 bits per heavy atom. The molecule has 7 nitrogen and oxygen atoms in total. The van der Waals surface area contributed by atoms with E-state index in [4.69, 9.17) is 0 Å². The fourth-order valence-corrected chi connectivity index (χ4v) is 3.20. The lowest BCUT2D eigenvalue weighted by Crippen LogP contribution is -2.28. The second-order valence-electron chi connectivity index (χ2n) is 6.94. The molecule has 1 atom stereocenters. The molecule has 27 heavy (non-hydrogen) atoms. The lowest BCUT2D eigenvalue weighted by atomic mass is 10.1. The molecule has 0 aliphatic carbocycles. The first kappa shape index (κ1) is 18.6. The number of hydrogen-bond acceptors (Lipinski definition) is 4. The topological polar surface area (TPSA) is 92.6 Å². The summed E-state index contributed by atoms with van der Waals surface area (Å²) in [7, 11) is 0. The number of nitro groups is 1. The number of anilines is 2. The molecule has 1 aliphatic rings. The molecule has 0 unspecified atom stereocenters. The molecular weight excluding hydrogens is 346 g/mol. The summed E-state index contributed by atoms with van der Waals surface area (Å²) in [5, 5.41) is 14.0. The van der Waals surface area contributed by atoms with Crippen molar-refractivity contribution in [3.05, 3.63) is 63.2 Å².